The summed E-state index contributed by atoms with van der Waals surface area (Å²) in [5.74, 6) is 8.86. The Bertz CT molecular complexity index is 792. The predicted octanol–water partition coefficient (Wildman–Crippen LogP) is 2.84. The van der Waals surface area contributed by atoms with Crippen LogP contribution in [-0.2, 0) is 0 Å². The van der Waals surface area contributed by atoms with Crippen LogP contribution in [0.2, 0.25) is 0 Å². The first kappa shape index (κ1) is 16.2. The molecule has 0 bridgehead atoms. The lowest BCUT2D eigenvalue weighted by Crippen LogP contribution is -2.12. The van der Waals surface area contributed by atoms with Gasteiger partial charge in [0.25, 0.3) is 0 Å². The van der Waals surface area contributed by atoms with Gasteiger partial charge >= 0.3 is 0 Å². The van der Waals surface area contributed by atoms with Crippen LogP contribution in [0.3, 0.4) is 0 Å². The van der Waals surface area contributed by atoms with Gasteiger partial charge in [0.15, 0.2) is 17.3 Å². The van der Waals surface area contributed by atoms with Crippen LogP contribution in [0.4, 0.5) is 0 Å². The molecule has 0 saturated heterocycles. The first-order valence-corrected chi connectivity index (χ1v) is 8.42. The number of ether oxygens (including phenoxy) is 2. The van der Waals surface area contributed by atoms with Gasteiger partial charge in [0, 0.05) is 11.3 Å². The highest BCUT2D eigenvalue weighted by Gasteiger charge is 2.11. The molecule has 6 nitrogen and oxygen atoms in total. The quantitative estimate of drug-likeness (QED) is 0.404. The molecule has 0 aliphatic heterocycles. The summed E-state index contributed by atoms with van der Waals surface area (Å²) in [6.45, 7) is 0.512. The number of benzene rings is 2. The van der Waals surface area contributed by atoms with E-state index in [2.05, 4.69) is 10.2 Å². The molecule has 2 N–H and O–H groups in total. The number of para-hydroxylation sites is 2. The van der Waals surface area contributed by atoms with Gasteiger partial charge in [0.1, 0.15) is 0 Å². The molecule has 0 fully saturated rings. The third-order valence-corrected chi connectivity index (χ3v) is 4.24. The number of nitrogens with two attached hydrogens (primary N) is 1. The maximum absolute atomic E-state index is 6.08. The smallest absolute Gasteiger partial charge is 0.210 e. The highest BCUT2D eigenvalue weighted by Crippen LogP contribution is 2.26. The number of methoxy groups -OCH3 is 1. The summed E-state index contributed by atoms with van der Waals surface area (Å²) in [7, 11) is 1.62. The standard InChI is InChI=1S/C17H18N4O2S/c1-22-14-9-5-6-10-15(14)23-11-12-24-17-20-19-16(21(17)18)13-7-3-2-4-8-13/h2-10H,11-12,18H2,1H3. The van der Waals surface area contributed by atoms with E-state index >= 15 is 0 Å². The molecule has 7 heteroatoms. The zero-order valence-corrected chi connectivity index (χ0v) is 14.1. The Balaban J connectivity index is 1.57. The predicted molar refractivity (Wildman–Crippen MR) is 94.8 cm³/mol. The van der Waals surface area contributed by atoms with Crippen molar-refractivity contribution in [3.8, 4) is 22.9 Å². The van der Waals surface area contributed by atoms with Gasteiger partial charge in [-0.25, -0.2) is 4.68 Å². The Morgan fingerprint density at radius 1 is 1.00 bits per heavy atom. The first-order chi connectivity index (χ1) is 11.8. The van der Waals surface area contributed by atoms with E-state index in [1.807, 2.05) is 54.6 Å². The monoisotopic (exact) mass is 342 g/mol. The summed E-state index contributed by atoms with van der Waals surface area (Å²) in [5, 5.41) is 8.95. The maximum atomic E-state index is 6.08. The largest absolute Gasteiger partial charge is 0.493 e. The molecule has 0 aliphatic carbocycles. The SMILES string of the molecule is COc1ccccc1OCCSc1nnc(-c2ccccc2)n1N. The van der Waals surface area contributed by atoms with Crippen LogP contribution in [0.15, 0.2) is 59.8 Å². The second-order valence-electron chi connectivity index (χ2n) is 4.89. The minimum Gasteiger partial charge on any atom is -0.493 e. The Morgan fingerprint density at radius 3 is 2.46 bits per heavy atom. The van der Waals surface area contributed by atoms with E-state index in [0.717, 1.165) is 17.1 Å². The van der Waals surface area contributed by atoms with Gasteiger partial charge in [0.2, 0.25) is 5.16 Å². The minimum absolute atomic E-state index is 0.512. The lowest BCUT2D eigenvalue weighted by molar-refractivity contribution is 0.313. The Hall–Kier alpha value is -2.67. The van der Waals surface area contributed by atoms with Gasteiger partial charge in [-0.05, 0) is 12.1 Å². The molecule has 0 saturated carbocycles. The molecule has 2 aromatic carbocycles. The van der Waals surface area contributed by atoms with Crippen LogP contribution >= 0.6 is 11.8 Å². The highest BCUT2D eigenvalue weighted by molar-refractivity contribution is 7.99. The topological polar surface area (TPSA) is 75.2 Å². The van der Waals surface area contributed by atoms with Gasteiger partial charge in [-0.2, -0.15) is 0 Å². The van der Waals surface area contributed by atoms with Crippen LogP contribution in [-0.4, -0.2) is 34.3 Å². The summed E-state index contributed by atoms with van der Waals surface area (Å²) in [5.41, 5.74) is 0.935. The van der Waals surface area contributed by atoms with Crippen molar-refractivity contribution in [1.29, 1.82) is 0 Å². The molecular weight excluding hydrogens is 324 g/mol. The summed E-state index contributed by atoms with van der Waals surface area (Å²) < 4.78 is 12.5. The van der Waals surface area contributed by atoms with E-state index in [-0.39, 0.29) is 0 Å². The summed E-state index contributed by atoms with van der Waals surface area (Å²) in [6, 6.07) is 17.3. The van der Waals surface area contributed by atoms with Crippen LogP contribution in [0, 0.1) is 0 Å². The van der Waals surface area contributed by atoms with E-state index in [1.54, 1.807) is 7.11 Å². The Morgan fingerprint density at radius 2 is 1.71 bits per heavy atom. The number of nitrogens with zero attached hydrogens (tertiary/aromatic N) is 3. The number of aromatic nitrogens is 3. The van der Waals surface area contributed by atoms with Crippen molar-refractivity contribution in [2.75, 3.05) is 25.3 Å². The number of nitrogen functional groups attached to an aromatic ring is 1. The second-order valence-corrected chi connectivity index (χ2v) is 5.95. The van der Waals surface area contributed by atoms with E-state index in [9.17, 15) is 0 Å². The van der Waals surface area contributed by atoms with Crippen molar-refractivity contribution in [1.82, 2.24) is 14.9 Å². The molecule has 0 unspecified atom stereocenters. The van der Waals surface area contributed by atoms with Crippen molar-refractivity contribution in [3.63, 3.8) is 0 Å². The molecule has 24 heavy (non-hydrogen) atoms. The van der Waals surface area contributed by atoms with Crippen LogP contribution in [0.25, 0.3) is 11.4 Å². The molecule has 124 valence electrons. The third kappa shape index (κ3) is 3.62. The summed E-state index contributed by atoms with van der Waals surface area (Å²) >= 11 is 1.49. The average molecular weight is 342 g/mol. The molecule has 0 aliphatic rings. The average Bonchev–Trinajstić information content (AvgIpc) is 3.00. The fraction of sp³-hybridized carbons (Fsp3) is 0.176. The Kier molecular flexibility index (Phi) is 5.22. The van der Waals surface area contributed by atoms with Crippen LogP contribution in [0.5, 0.6) is 11.5 Å². The molecule has 1 aromatic heterocycles. The molecule has 3 rings (SSSR count). The van der Waals surface area contributed by atoms with E-state index in [0.29, 0.717) is 23.3 Å². The van der Waals surface area contributed by atoms with E-state index in [4.69, 9.17) is 15.3 Å². The lowest BCUT2D eigenvalue weighted by Gasteiger charge is -2.09. The van der Waals surface area contributed by atoms with E-state index < -0.39 is 0 Å². The molecule has 0 atom stereocenters. The van der Waals surface area contributed by atoms with Crippen molar-refractivity contribution < 1.29 is 9.47 Å². The fourth-order valence-corrected chi connectivity index (χ4v) is 2.86. The van der Waals surface area contributed by atoms with Gasteiger partial charge in [-0.3, -0.25) is 0 Å². The van der Waals surface area contributed by atoms with Gasteiger partial charge in [-0.1, -0.05) is 54.2 Å². The zero-order chi connectivity index (χ0) is 16.8. The highest BCUT2D eigenvalue weighted by atomic mass is 32.2. The lowest BCUT2D eigenvalue weighted by atomic mass is 10.2. The third-order valence-electron chi connectivity index (χ3n) is 3.34. The maximum Gasteiger partial charge on any atom is 0.210 e. The number of hydrogen-bond acceptors (Lipinski definition) is 6. The van der Waals surface area contributed by atoms with Crippen molar-refractivity contribution in [3.05, 3.63) is 54.6 Å². The Labute approximate surface area is 144 Å². The van der Waals surface area contributed by atoms with Crippen molar-refractivity contribution in [2.45, 2.75) is 5.16 Å². The minimum atomic E-state index is 0.512. The van der Waals surface area contributed by atoms with Crippen molar-refractivity contribution in [2.24, 2.45) is 0 Å². The van der Waals surface area contributed by atoms with Gasteiger partial charge in [-0.15, -0.1) is 10.2 Å². The van der Waals surface area contributed by atoms with Crippen LogP contribution in [0.1, 0.15) is 0 Å². The number of hydrogen-bond donors (Lipinski definition) is 1. The van der Waals surface area contributed by atoms with Crippen LogP contribution < -0.4 is 15.3 Å². The van der Waals surface area contributed by atoms with Gasteiger partial charge < -0.3 is 15.3 Å². The van der Waals surface area contributed by atoms with E-state index in [1.165, 1.54) is 16.4 Å². The number of rotatable bonds is 7. The second kappa shape index (κ2) is 7.74. The fourth-order valence-electron chi connectivity index (χ4n) is 2.18. The molecule has 0 radical (unpaired) electrons. The molecule has 0 spiro atoms. The number of thioether (sulfide) groups is 1. The first-order valence-electron chi connectivity index (χ1n) is 7.44. The molecular formula is C17H18N4O2S. The molecule has 0 amide bonds. The molecule has 3 aromatic rings. The zero-order valence-electron chi connectivity index (χ0n) is 13.3. The van der Waals surface area contributed by atoms with Gasteiger partial charge in [0.05, 0.1) is 13.7 Å². The molecule has 1 heterocycles. The normalized spacial score (nSPS) is 10.5. The summed E-state index contributed by atoms with van der Waals surface area (Å²) in [4.78, 5) is 0. The summed E-state index contributed by atoms with van der Waals surface area (Å²) in [6.07, 6.45) is 0. The van der Waals surface area contributed by atoms with Crippen molar-refractivity contribution >= 4 is 11.8 Å².